The maximum absolute atomic E-state index is 13.7. The highest BCUT2D eigenvalue weighted by Gasteiger charge is 2.35. The topological polar surface area (TPSA) is 105 Å². The van der Waals surface area contributed by atoms with Gasteiger partial charge in [-0.05, 0) is 37.9 Å². The van der Waals surface area contributed by atoms with Crippen LogP contribution in [-0.4, -0.2) is 49.1 Å². The Morgan fingerprint density at radius 2 is 2.06 bits per heavy atom. The first-order valence-corrected chi connectivity index (χ1v) is 10.9. The number of hydrogen-bond donors (Lipinski definition) is 2. The molecule has 0 bridgehead atoms. The molecule has 0 aliphatic carbocycles. The molecule has 0 radical (unpaired) electrons. The van der Waals surface area contributed by atoms with E-state index < -0.39 is 0 Å². The third-order valence-corrected chi connectivity index (χ3v) is 6.64. The number of fused-ring (bicyclic) bond motifs is 2. The second-order valence-corrected chi connectivity index (χ2v) is 8.48. The van der Waals surface area contributed by atoms with E-state index in [1.165, 1.54) is 0 Å². The van der Waals surface area contributed by atoms with Gasteiger partial charge in [0.25, 0.3) is 5.56 Å². The van der Waals surface area contributed by atoms with Gasteiger partial charge in [0.05, 0.1) is 34.3 Å². The summed E-state index contributed by atoms with van der Waals surface area (Å²) in [5.41, 5.74) is 1.99. The molecule has 4 aromatic rings. The zero-order valence-corrected chi connectivity index (χ0v) is 19.6. The van der Waals surface area contributed by atoms with E-state index in [0.29, 0.717) is 21.6 Å². The van der Waals surface area contributed by atoms with Gasteiger partial charge in [-0.1, -0.05) is 17.7 Å². The van der Waals surface area contributed by atoms with Gasteiger partial charge >= 0.3 is 0 Å². The van der Waals surface area contributed by atoms with E-state index in [1.807, 2.05) is 16.7 Å². The number of halogens is 2. The van der Waals surface area contributed by atoms with Crippen LogP contribution in [-0.2, 0) is 0 Å². The fourth-order valence-corrected chi connectivity index (χ4v) is 5.17. The fraction of sp³-hybridized carbons (Fsp3) is 0.381. The first-order chi connectivity index (χ1) is 15.2. The van der Waals surface area contributed by atoms with Crippen molar-refractivity contribution in [3.63, 3.8) is 0 Å². The van der Waals surface area contributed by atoms with Gasteiger partial charge in [-0.25, -0.2) is 19.9 Å². The Kier molecular flexibility index (Phi) is 5.60. The molecule has 0 unspecified atom stereocenters. The smallest absolute Gasteiger partial charge is 0.263 e. The van der Waals surface area contributed by atoms with E-state index in [2.05, 4.69) is 30.2 Å². The minimum absolute atomic E-state index is 0. The van der Waals surface area contributed by atoms with Crippen LogP contribution in [0.3, 0.4) is 0 Å². The standard InChI is InChI=1S/C21H21ClN8O.BrH/c22-13-3-1-4-14-16(13)21(31)30(12-6-7-23-9-12)19(28-14)15-5-2-8-29(15)20-17-18(25-10-24-17)26-11-27-20;/h1,3-4,10-12,15,23H,2,5-9H2,(H,24,25,26,27);1H/t12-,15-;/m0./s1. The van der Waals surface area contributed by atoms with Gasteiger partial charge in [-0.2, -0.15) is 0 Å². The normalized spacial score (nSPS) is 20.8. The predicted octanol–water partition coefficient (Wildman–Crippen LogP) is 3.17. The molecule has 9 nitrogen and oxygen atoms in total. The van der Waals surface area contributed by atoms with Crippen molar-refractivity contribution in [2.24, 2.45) is 0 Å². The van der Waals surface area contributed by atoms with Crippen LogP contribution < -0.4 is 15.8 Å². The molecule has 166 valence electrons. The van der Waals surface area contributed by atoms with E-state index >= 15 is 0 Å². The van der Waals surface area contributed by atoms with Crippen molar-refractivity contribution in [2.45, 2.75) is 31.3 Å². The Labute approximate surface area is 199 Å². The molecule has 11 heteroatoms. The monoisotopic (exact) mass is 516 g/mol. The molecule has 0 saturated carbocycles. The summed E-state index contributed by atoms with van der Waals surface area (Å²) in [6.45, 7) is 2.44. The molecule has 0 spiro atoms. The number of H-pyrrole nitrogens is 1. The molecule has 3 aromatic heterocycles. The number of nitrogens with one attached hydrogen (secondary N) is 2. The maximum Gasteiger partial charge on any atom is 0.263 e. The molecule has 2 N–H and O–H groups in total. The lowest BCUT2D eigenvalue weighted by molar-refractivity contribution is 0.473. The summed E-state index contributed by atoms with van der Waals surface area (Å²) in [6, 6.07) is 5.42. The van der Waals surface area contributed by atoms with E-state index in [-0.39, 0.29) is 34.6 Å². The summed E-state index contributed by atoms with van der Waals surface area (Å²) in [5, 5.41) is 4.30. The number of hydrogen-bond acceptors (Lipinski definition) is 7. The number of aromatic amines is 1. The van der Waals surface area contributed by atoms with Gasteiger partial charge in [0.2, 0.25) is 0 Å². The lowest BCUT2D eigenvalue weighted by Crippen LogP contribution is -2.35. The number of imidazole rings is 1. The molecule has 32 heavy (non-hydrogen) atoms. The number of benzene rings is 1. The highest BCUT2D eigenvalue weighted by molar-refractivity contribution is 8.93. The Bertz CT molecular complexity index is 1350. The predicted molar refractivity (Wildman–Crippen MR) is 129 cm³/mol. The Morgan fingerprint density at radius 3 is 2.91 bits per heavy atom. The van der Waals surface area contributed by atoms with Crippen LogP contribution >= 0.6 is 28.6 Å². The first kappa shape index (κ1) is 21.3. The molecule has 5 heterocycles. The minimum Gasteiger partial charge on any atom is -0.344 e. The molecule has 6 rings (SSSR count). The second kappa shape index (κ2) is 8.42. The molecule has 2 aliphatic rings. The van der Waals surface area contributed by atoms with Crippen LogP contribution in [0.2, 0.25) is 5.02 Å². The lowest BCUT2D eigenvalue weighted by Gasteiger charge is -2.29. The van der Waals surface area contributed by atoms with Gasteiger partial charge in [-0.15, -0.1) is 17.0 Å². The highest BCUT2D eigenvalue weighted by Crippen LogP contribution is 2.38. The van der Waals surface area contributed by atoms with E-state index in [9.17, 15) is 4.79 Å². The van der Waals surface area contributed by atoms with Crippen molar-refractivity contribution in [1.82, 2.24) is 34.8 Å². The zero-order valence-electron chi connectivity index (χ0n) is 17.2. The first-order valence-electron chi connectivity index (χ1n) is 10.5. The number of anilines is 1. The van der Waals surface area contributed by atoms with Crippen molar-refractivity contribution in [3.05, 3.63) is 52.1 Å². The van der Waals surface area contributed by atoms with Gasteiger partial charge in [0, 0.05) is 13.1 Å². The molecular formula is C21H22BrClN8O. The van der Waals surface area contributed by atoms with Crippen molar-refractivity contribution >= 4 is 56.5 Å². The summed E-state index contributed by atoms with van der Waals surface area (Å²) in [4.78, 5) is 37.2. The summed E-state index contributed by atoms with van der Waals surface area (Å²) in [6.07, 6.45) is 5.92. The maximum atomic E-state index is 13.7. The highest BCUT2D eigenvalue weighted by atomic mass is 79.9. The zero-order chi connectivity index (χ0) is 20.9. The summed E-state index contributed by atoms with van der Waals surface area (Å²) in [7, 11) is 0. The SMILES string of the molecule is Br.O=c1c2c(Cl)cccc2nc([C@@H]2CCCN2c2ncnc3[nH]cnc23)n1[C@H]1CCNC1. The number of rotatable bonds is 3. The van der Waals surface area contributed by atoms with Gasteiger partial charge < -0.3 is 15.2 Å². The Morgan fingerprint density at radius 1 is 1.16 bits per heavy atom. The van der Waals surface area contributed by atoms with Crippen molar-refractivity contribution in [1.29, 1.82) is 0 Å². The Hall–Kier alpha value is -2.56. The second-order valence-electron chi connectivity index (χ2n) is 8.07. The van der Waals surface area contributed by atoms with E-state index in [0.717, 1.165) is 56.1 Å². The van der Waals surface area contributed by atoms with Crippen LogP contribution in [0.25, 0.3) is 22.1 Å². The van der Waals surface area contributed by atoms with Crippen LogP contribution in [0.15, 0.2) is 35.6 Å². The van der Waals surface area contributed by atoms with Crippen LogP contribution in [0, 0.1) is 0 Å². The Balaban J connectivity index is 0.00000216. The van der Waals surface area contributed by atoms with Crippen molar-refractivity contribution in [3.8, 4) is 0 Å². The molecule has 2 fully saturated rings. The van der Waals surface area contributed by atoms with Crippen molar-refractivity contribution < 1.29 is 0 Å². The molecule has 2 saturated heterocycles. The molecule has 2 aliphatic heterocycles. The molecule has 2 atom stereocenters. The van der Waals surface area contributed by atoms with Crippen LogP contribution in [0.4, 0.5) is 5.82 Å². The third-order valence-electron chi connectivity index (χ3n) is 6.33. The summed E-state index contributed by atoms with van der Waals surface area (Å²) < 4.78 is 1.88. The fourth-order valence-electron chi connectivity index (χ4n) is 4.92. The average molecular weight is 518 g/mol. The summed E-state index contributed by atoms with van der Waals surface area (Å²) >= 11 is 6.42. The molecule has 0 amide bonds. The van der Waals surface area contributed by atoms with Gasteiger partial charge in [0.1, 0.15) is 17.7 Å². The number of aromatic nitrogens is 6. The molecule has 1 aromatic carbocycles. The van der Waals surface area contributed by atoms with Crippen molar-refractivity contribution in [2.75, 3.05) is 24.5 Å². The van der Waals surface area contributed by atoms with E-state index in [1.54, 1.807) is 18.7 Å². The van der Waals surface area contributed by atoms with Gasteiger partial charge in [0.15, 0.2) is 11.5 Å². The summed E-state index contributed by atoms with van der Waals surface area (Å²) in [5.74, 6) is 1.54. The lowest BCUT2D eigenvalue weighted by atomic mass is 10.1. The van der Waals surface area contributed by atoms with Crippen LogP contribution in [0.1, 0.15) is 37.2 Å². The quantitative estimate of drug-likeness (QED) is 0.430. The third kappa shape index (κ3) is 3.28. The minimum atomic E-state index is -0.0773. The number of nitrogens with zero attached hydrogens (tertiary/aromatic N) is 6. The largest absolute Gasteiger partial charge is 0.344 e. The van der Waals surface area contributed by atoms with Crippen LogP contribution in [0.5, 0.6) is 0 Å². The molecular weight excluding hydrogens is 496 g/mol. The van der Waals surface area contributed by atoms with Gasteiger partial charge in [-0.3, -0.25) is 9.36 Å². The van der Waals surface area contributed by atoms with E-state index in [4.69, 9.17) is 16.6 Å². The average Bonchev–Trinajstić information content (AvgIpc) is 3.54.